The minimum Gasteiger partial charge on any atom is -0.378 e. The number of thiophene rings is 1. The average molecular weight is 518 g/mol. The van der Waals surface area contributed by atoms with Gasteiger partial charge in [-0.1, -0.05) is 5.16 Å². The summed E-state index contributed by atoms with van der Waals surface area (Å²) in [7, 11) is 1.60. The summed E-state index contributed by atoms with van der Waals surface area (Å²) in [6.07, 6.45) is -0.123. The zero-order chi connectivity index (χ0) is 25.3. The molecule has 0 radical (unpaired) electrons. The van der Waals surface area contributed by atoms with Crippen molar-refractivity contribution in [1.29, 1.82) is 0 Å². The van der Waals surface area contributed by atoms with E-state index in [1.165, 1.54) is 29.9 Å². The fourth-order valence-corrected chi connectivity index (χ4v) is 4.31. The van der Waals surface area contributed by atoms with Gasteiger partial charge in [0.25, 0.3) is 5.91 Å². The molecule has 1 aliphatic rings. The van der Waals surface area contributed by atoms with Crippen LogP contribution in [0.2, 0.25) is 0 Å². The van der Waals surface area contributed by atoms with Crippen LogP contribution in [-0.4, -0.2) is 67.4 Å². The van der Waals surface area contributed by atoms with Crippen LogP contribution in [0.1, 0.15) is 21.3 Å². The van der Waals surface area contributed by atoms with Crippen LogP contribution >= 0.6 is 11.3 Å². The average Bonchev–Trinajstić information content (AvgIpc) is 3.52. The van der Waals surface area contributed by atoms with Crippen LogP contribution < -0.4 is 4.90 Å². The Morgan fingerprint density at radius 1 is 1.19 bits per heavy atom. The van der Waals surface area contributed by atoms with Crippen LogP contribution in [-0.2, 0) is 17.5 Å². The maximum Gasteiger partial charge on any atom is 0.471 e. The second-order valence-electron chi connectivity index (χ2n) is 7.68. The number of aromatic nitrogens is 6. The Labute approximate surface area is 205 Å². The van der Waals surface area contributed by atoms with Gasteiger partial charge in [-0.3, -0.25) is 9.78 Å². The molecule has 0 atom stereocenters. The van der Waals surface area contributed by atoms with Gasteiger partial charge in [-0.2, -0.15) is 18.2 Å². The standard InChI is InChI=1S/C21H17F3N8O3S/c1-34-12-9-31(10-12)19(33)14-3-5-16(29-28-14)32(17-8-25-6-7-26-17)11-13-2-4-15(36-13)18-27-20(35-30-18)21(22,23)24/h2-8,12H,9-11H2,1H3. The molecule has 1 aliphatic heterocycles. The van der Waals surface area contributed by atoms with Crippen LogP contribution in [0.25, 0.3) is 10.7 Å². The van der Waals surface area contributed by atoms with Crippen LogP contribution in [0.15, 0.2) is 47.4 Å². The van der Waals surface area contributed by atoms with Gasteiger partial charge < -0.3 is 19.1 Å². The summed E-state index contributed by atoms with van der Waals surface area (Å²) < 4.78 is 47.9. The van der Waals surface area contributed by atoms with Gasteiger partial charge in [-0.25, -0.2) is 4.98 Å². The molecule has 11 nitrogen and oxygen atoms in total. The quantitative estimate of drug-likeness (QED) is 0.360. The van der Waals surface area contributed by atoms with Crippen molar-refractivity contribution < 1.29 is 27.2 Å². The number of carbonyl (C=O) groups is 1. The molecule has 0 bridgehead atoms. The smallest absolute Gasteiger partial charge is 0.378 e. The van der Waals surface area contributed by atoms with E-state index in [1.54, 1.807) is 41.2 Å². The summed E-state index contributed by atoms with van der Waals surface area (Å²) in [4.78, 5) is 28.9. The maximum atomic E-state index is 12.8. The van der Waals surface area contributed by atoms with Gasteiger partial charge in [0.05, 0.1) is 23.7 Å². The molecule has 0 spiro atoms. The highest BCUT2D eigenvalue weighted by atomic mass is 32.1. The highest BCUT2D eigenvalue weighted by Gasteiger charge is 2.38. The third kappa shape index (κ3) is 4.87. The lowest BCUT2D eigenvalue weighted by molar-refractivity contribution is -0.159. The van der Waals surface area contributed by atoms with E-state index in [-0.39, 0.29) is 30.1 Å². The summed E-state index contributed by atoms with van der Waals surface area (Å²) in [5.41, 5.74) is 0.198. The van der Waals surface area contributed by atoms with E-state index in [0.717, 1.165) is 4.88 Å². The first-order chi connectivity index (χ1) is 17.3. The molecule has 36 heavy (non-hydrogen) atoms. The first-order valence-electron chi connectivity index (χ1n) is 10.5. The molecule has 0 unspecified atom stereocenters. The molecular formula is C21H17F3N8O3S. The van der Waals surface area contributed by atoms with Crippen molar-refractivity contribution in [2.24, 2.45) is 0 Å². The molecule has 0 saturated carbocycles. The number of methoxy groups -OCH3 is 1. The Bertz CT molecular complexity index is 1340. The molecule has 5 rings (SSSR count). The molecule has 0 aromatic carbocycles. The maximum absolute atomic E-state index is 12.8. The van der Waals surface area contributed by atoms with Gasteiger partial charge in [0.1, 0.15) is 0 Å². The van der Waals surface area contributed by atoms with E-state index in [4.69, 9.17) is 4.74 Å². The van der Waals surface area contributed by atoms with Crippen molar-refractivity contribution in [2.75, 3.05) is 25.1 Å². The first kappa shape index (κ1) is 23.7. The fraction of sp³-hybridized carbons (Fsp3) is 0.286. The van der Waals surface area contributed by atoms with Gasteiger partial charge in [0.15, 0.2) is 17.3 Å². The van der Waals surface area contributed by atoms with E-state index in [2.05, 4.69) is 34.8 Å². The van der Waals surface area contributed by atoms with E-state index >= 15 is 0 Å². The van der Waals surface area contributed by atoms with Crippen LogP contribution in [0.4, 0.5) is 24.8 Å². The highest BCUT2D eigenvalue weighted by molar-refractivity contribution is 7.15. The fourth-order valence-electron chi connectivity index (χ4n) is 3.39. The summed E-state index contributed by atoms with van der Waals surface area (Å²) in [6, 6.07) is 6.56. The minimum absolute atomic E-state index is 0.0246. The predicted octanol–water partition coefficient (Wildman–Crippen LogP) is 3.21. The molecule has 5 heterocycles. The second kappa shape index (κ2) is 9.58. The molecule has 0 N–H and O–H groups in total. The Hall–Kier alpha value is -3.98. The number of amides is 1. The van der Waals surface area contributed by atoms with Crippen molar-refractivity contribution >= 4 is 28.9 Å². The number of ether oxygens (including phenoxy) is 1. The molecule has 0 aliphatic carbocycles. The lowest BCUT2D eigenvalue weighted by atomic mass is 10.1. The summed E-state index contributed by atoms with van der Waals surface area (Å²) in [5, 5.41) is 11.7. The van der Waals surface area contributed by atoms with Crippen molar-refractivity contribution in [1.82, 2.24) is 35.2 Å². The zero-order valence-electron chi connectivity index (χ0n) is 18.6. The number of hydrogen-bond donors (Lipinski definition) is 0. The van der Waals surface area contributed by atoms with Crippen LogP contribution in [0, 0.1) is 0 Å². The first-order valence-corrected chi connectivity index (χ1v) is 11.3. The molecule has 1 fully saturated rings. The largest absolute Gasteiger partial charge is 0.471 e. The van der Waals surface area contributed by atoms with Gasteiger partial charge in [-0.05, 0) is 24.3 Å². The Balaban J connectivity index is 1.36. The van der Waals surface area contributed by atoms with Gasteiger partial charge in [-0.15, -0.1) is 21.5 Å². The Morgan fingerprint density at radius 3 is 2.67 bits per heavy atom. The van der Waals surface area contributed by atoms with Gasteiger partial charge >= 0.3 is 12.1 Å². The highest BCUT2D eigenvalue weighted by Crippen LogP contribution is 2.33. The third-order valence-electron chi connectivity index (χ3n) is 5.31. The predicted molar refractivity (Wildman–Crippen MR) is 119 cm³/mol. The van der Waals surface area contributed by atoms with E-state index in [0.29, 0.717) is 29.6 Å². The molecule has 186 valence electrons. The Kier molecular flexibility index (Phi) is 6.32. The number of likely N-dealkylation sites (tertiary alicyclic amines) is 1. The van der Waals surface area contributed by atoms with Crippen molar-refractivity contribution in [3.8, 4) is 10.7 Å². The summed E-state index contributed by atoms with van der Waals surface area (Å²) in [5.74, 6) is -0.942. The number of hydrogen-bond acceptors (Lipinski definition) is 11. The van der Waals surface area contributed by atoms with Gasteiger partial charge in [0, 0.05) is 37.5 Å². The topological polar surface area (TPSA) is 123 Å². The van der Waals surface area contributed by atoms with E-state index in [1.807, 2.05) is 0 Å². The summed E-state index contributed by atoms with van der Waals surface area (Å²) >= 11 is 1.19. The van der Waals surface area contributed by atoms with Crippen LogP contribution in [0.3, 0.4) is 0 Å². The number of carbonyl (C=O) groups excluding carboxylic acids is 1. The van der Waals surface area contributed by atoms with E-state index in [9.17, 15) is 18.0 Å². The lowest BCUT2D eigenvalue weighted by Gasteiger charge is -2.37. The number of rotatable bonds is 7. The molecule has 4 aromatic heterocycles. The SMILES string of the molecule is COC1CN(C(=O)c2ccc(N(Cc3ccc(-c4noc(C(F)(F)F)n4)s3)c3cnccn3)nn2)C1. The molecule has 15 heteroatoms. The number of halogens is 3. The number of nitrogens with zero attached hydrogens (tertiary/aromatic N) is 8. The summed E-state index contributed by atoms with van der Waals surface area (Å²) in [6.45, 7) is 1.24. The second-order valence-corrected chi connectivity index (χ2v) is 8.85. The molecule has 4 aromatic rings. The molecule has 1 amide bonds. The normalized spacial score (nSPS) is 14.1. The monoisotopic (exact) mass is 518 g/mol. The molecular weight excluding hydrogens is 501 g/mol. The zero-order valence-corrected chi connectivity index (χ0v) is 19.4. The van der Waals surface area contributed by atoms with Crippen molar-refractivity contribution in [2.45, 2.75) is 18.8 Å². The molecule has 1 saturated heterocycles. The lowest BCUT2D eigenvalue weighted by Crippen LogP contribution is -2.54. The minimum atomic E-state index is -4.72. The third-order valence-corrected chi connectivity index (χ3v) is 6.37. The van der Waals surface area contributed by atoms with Crippen LogP contribution in [0.5, 0.6) is 0 Å². The number of alkyl halides is 3. The van der Waals surface area contributed by atoms with Crippen molar-refractivity contribution in [3.05, 3.63) is 59.3 Å². The van der Waals surface area contributed by atoms with E-state index < -0.39 is 12.1 Å². The number of anilines is 2. The van der Waals surface area contributed by atoms with Crippen molar-refractivity contribution in [3.63, 3.8) is 0 Å². The Morgan fingerprint density at radius 2 is 2.03 bits per heavy atom. The van der Waals surface area contributed by atoms with Gasteiger partial charge in [0.2, 0.25) is 5.82 Å².